The molecule has 1 aromatic heterocycles. The van der Waals surface area contributed by atoms with Crippen LogP contribution in [0.25, 0.3) is 0 Å². The lowest BCUT2D eigenvalue weighted by molar-refractivity contribution is 0.614. The van der Waals surface area contributed by atoms with Crippen molar-refractivity contribution in [1.82, 2.24) is 4.98 Å². The highest BCUT2D eigenvalue weighted by molar-refractivity contribution is 7.71. The lowest BCUT2D eigenvalue weighted by Crippen LogP contribution is -1.86. The molecule has 0 aliphatic rings. The van der Waals surface area contributed by atoms with Crippen molar-refractivity contribution in [2.75, 3.05) is 0 Å². The maximum atomic E-state index is 10.2. The molecule has 0 saturated carbocycles. The Hall–Kier alpha value is -0.900. The highest BCUT2D eigenvalue weighted by atomic mass is 32.2. The van der Waals surface area contributed by atoms with Crippen molar-refractivity contribution in [2.45, 2.75) is 5.75 Å². The number of nitrogens with zero attached hydrogens (tertiary/aromatic N) is 1. The molecule has 1 radical (unpaired) electrons. The van der Waals surface area contributed by atoms with Crippen LogP contribution in [0.3, 0.4) is 0 Å². The molecule has 0 spiro atoms. The van der Waals surface area contributed by atoms with Gasteiger partial charge in [0, 0.05) is 18.5 Å². The van der Waals surface area contributed by atoms with Crippen molar-refractivity contribution in [1.29, 1.82) is 0 Å². The van der Waals surface area contributed by atoms with Crippen molar-refractivity contribution in [3.63, 3.8) is 0 Å². The Morgan fingerprint density at radius 2 is 2.40 bits per heavy atom. The van der Waals surface area contributed by atoms with Gasteiger partial charge in [-0.1, -0.05) is 0 Å². The van der Waals surface area contributed by atoms with Crippen LogP contribution in [0.2, 0.25) is 0 Å². The first kappa shape index (κ1) is 7.21. The van der Waals surface area contributed by atoms with Gasteiger partial charge in [0.1, 0.15) is 10.7 Å². The molecule has 0 N–H and O–H groups in total. The number of hydrogen-bond donors (Lipinski definition) is 1. The highest BCUT2D eigenvalue weighted by Crippen LogP contribution is 1.95. The fraction of sp³-hybridized carbons (Fsp3) is 0.167. The summed E-state index contributed by atoms with van der Waals surface area (Å²) in [4.78, 5) is 3.71. The summed E-state index contributed by atoms with van der Waals surface area (Å²) in [7, 11) is -2.34. The third-order valence-electron chi connectivity index (χ3n) is 0.970. The average molecular weight is 156 g/mol. The van der Waals surface area contributed by atoms with E-state index in [1.165, 1.54) is 12.4 Å². The fourth-order valence-electron chi connectivity index (χ4n) is 0.593. The first-order chi connectivity index (χ1) is 4.79. The molecule has 0 fully saturated rings. The van der Waals surface area contributed by atoms with E-state index in [4.69, 9.17) is 0 Å². The Balaban J connectivity index is 2.77. The van der Waals surface area contributed by atoms with Crippen molar-refractivity contribution in [3.8, 4) is 0 Å². The van der Waals surface area contributed by atoms with Crippen LogP contribution in [0, 0.1) is 6.07 Å². The van der Waals surface area contributed by atoms with Crippen LogP contribution in [-0.2, 0) is 16.5 Å². The zero-order chi connectivity index (χ0) is 7.40. The molecule has 3 nitrogen and oxygen atoms in total. The average Bonchev–Trinajstić information content (AvgIpc) is 1.88. The highest BCUT2D eigenvalue weighted by Gasteiger charge is 1.90. The van der Waals surface area contributed by atoms with Gasteiger partial charge >= 0.3 is 0 Å². The van der Waals surface area contributed by atoms with Gasteiger partial charge < -0.3 is 0 Å². The van der Waals surface area contributed by atoms with Gasteiger partial charge in [-0.3, -0.25) is 4.98 Å². The third kappa shape index (κ3) is 2.14. The van der Waals surface area contributed by atoms with E-state index in [0.29, 0.717) is 5.56 Å². The van der Waals surface area contributed by atoms with Gasteiger partial charge in [-0.25, -0.2) is 8.42 Å². The van der Waals surface area contributed by atoms with Crippen LogP contribution >= 0.6 is 0 Å². The molecule has 0 aromatic carbocycles. The first-order valence-corrected chi connectivity index (χ1v) is 4.07. The minimum atomic E-state index is -2.34. The molecule has 1 heterocycles. The van der Waals surface area contributed by atoms with E-state index in [1.807, 2.05) is 0 Å². The summed E-state index contributed by atoms with van der Waals surface area (Å²) in [5, 5.41) is 0. The third-order valence-corrected chi connectivity index (χ3v) is 1.59. The largest absolute Gasteiger partial charge is 0.264 e. The monoisotopic (exact) mass is 156 g/mol. The Morgan fingerprint density at radius 1 is 1.60 bits per heavy atom. The summed E-state index contributed by atoms with van der Waals surface area (Å²) < 4.78 is 20.3. The molecule has 0 saturated heterocycles. The van der Waals surface area contributed by atoms with E-state index in [2.05, 4.69) is 11.1 Å². The van der Waals surface area contributed by atoms with Crippen LogP contribution in [-0.4, -0.2) is 13.4 Å². The van der Waals surface area contributed by atoms with Crippen LogP contribution in [0.1, 0.15) is 5.56 Å². The van der Waals surface area contributed by atoms with E-state index >= 15 is 0 Å². The molecular weight excluding hydrogens is 150 g/mol. The standard InChI is InChI=1S/C6H6NO2S/c8-10(9)5-6-2-1-3-7-4-6/h2-4,10H,5H2. The quantitative estimate of drug-likeness (QED) is 0.613. The Morgan fingerprint density at radius 3 is 2.90 bits per heavy atom. The van der Waals surface area contributed by atoms with Crippen LogP contribution in [0.5, 0.6) is 0 Å². The topological polar surface area (TPSA) is 47.0 Å². The summed E-state index contributed by atoms with van der Waals surface area (Å²) in [6.07, 6.45) is 3.00. The maximum absolute atomic E-state index is 10.2. The molecule has 10 heavy (non-hydrogen) atoms. The molecule has 0 unspecified atom stereocenters. The lowest BCUT2D eigenvalue weighted by atomic mass is 10.3. The predicted molar refractivity (Wildman–Crippen MR) is 37.1 cm³/mol. The van der Waals surface area contributed by atoms with E-state index in [1.54, 1.807) is 6.07 Å². The zero-order valence-electron chi connectivity index (χ0n) is 5.15. The number of hydrogen-bond acceptors (Lipinski definition) is 3. The van der Waals surface area contributed by atoms with Gasteiger partial charge in [0.05, 0.1) is 5.75 Å². The second-order valence-electron chi connectivity index (χ2n) is 1.78. The van der Waals surface area contributed by atoms with E-state index in [-0.39, 0.29) is 5.75 Å². The Kier molecular flexibility index (Phi) is 2.39. The van der Waals surface area contributed by atoms with Gasteiger partial charge in [-0.15, -0.1) is 0 Å². The molecule has 0 bridgehead atoms. The molecule has 0 aliphatic carbocycles. The number of rotatable bonds is 2. The Labute approximate surface area is 60.7 Å². The molecule has 0 amide bonds. The van der Waals surface area contributed by atoms with Crippen LogP contribution in [0.15, 0.2) is 18.5 Å². The van der Waals surface area contributed by atoms with Gasteiger partial charge in [0.2, 0.25) is 0 Å². The summed E-state index contributed by atoms with van der Waals surface area (Å²) in [5.41, 5.74) is 0.679. The van der Waals surface area contributed by atoms with E-state index < -0.39 is 10.7 Å². The number of thiol groups is 1. The number of aromatic nitrogens is 1. The lowest BCUT2D eigenvalue weighted by Gasteiger charge is -1.88. The summed E-state index contributed by atoms with van der Waals surface area (Å²) in [5.74, 6) is 0.0552. The maximum Gasteiger partial charge on any atom is 0.144 e. The van der Waals surface area contributed by atoms with Gasteiger partial charge in [0.25, 0.3) is 0 Å². The van der Waals surface area contributed by atoms with Gasteiger partial charge in [-0.05, 0) is 11.6 Å². The van der Waals surface area contributed by atoms with Crippen LogP contribution in [0.4, 0.5) is 0 Å². The molecule has 4 heteroatoms. The Bertz CT molecular complexity index is 260. The zero-order valence-corrected chi connectivity index (χ0v) is 6.04. The SMILES string of the molecule is O=[SH](=O)Cc1c[c]cnc1. The van der Waals surface area contributed by atoms with Gasteiger partial charge in [0.15, 0.2) is 0 Å². The molecule has 0 atom stereocenters. The fourth-order valence-corrected chi connectivity index (χ4v) is 1.06. The molecule has 1 rings (SSSR count). The van der Waals surface area contributed by atoms with Crippen molar-refractivity contribution < 1.29 is 8.42 Å². The minimum Gasteiger partial charge on any atom is -0.264 e. The van der Waals surface area contributed by atoms with E-state index in [9.17, 15) is 8.42 Å². The predicted octanol–water partition coefficient (Wildman–Crippen LogP) is -0.00681. The molecule has 1 aromatic rings. The smallest absolute Gasteiger partial charge is 0.144 e. The second-order valence-corrected chi connectivity index (χ2v) is 2.77. The van der Waals surface area contributed by atoms with Crippen LogP contribution < -0.4 is 0 Å². The molecule has 0 aliphatic heterocycles. The minimum absolute atomic E-state index is 0.0552. The van der Waals surface area contributed by atoms with Crippen molar-refractivity contribution in [2.24, 2.45) is 0 Å². The van der Waals surface area contributed by atoms with Crippen molar-refractivity contribution in [3.05, 3.63) is 30.1 Å². The normalized spacial score (nSPS) is 10.1. The summed E-state index contributed by atoms with van der Waals surface area (Å²) in [6.45, 7) is 0. The first-order valence-electron chi connectivity index (χ1n) is 2.71. The molecule has 53 valence electrons. The second kappa shape index (κ2) is 3.31. The summed E-state index contributed by atoms with van der Waals surface area (Å²) >= 11 is 0. The van der Waals surface area contributed by atoms with E-state index in [0.717, 1.165) is 0 Å². The van der Waals surface area contributed by atoms with Gasteiger partial charge in [-0.2, -0.15) is 0 Å². The van der Waals surface area contributed by atoms with Crippen molar-refractivity contribution >= 4 is 10.7 Å². The molecular formula is C6H6NO2S. The summed E-state index contributed by atoms with van der Waals surface area (Å²) in [6, 6.07) is 4.30. The number of pyridine rings is 1.